The van der Waals surface area contributed by atoms with Gasteiger partial charge in [0.05, 0.1) is 0 Å². The lowest BCUT2D eigenvalue weighted by Crippen LogP contribution is -2.71. The highest BCUT2D eigenvalue weighted by Gasteiger charge is 2.54. The Morgan fingerprint density at radius 3 is 2.88 bits per heavy atom. The van der Waals surface area contributed by atoms with Gasteiger partial charge in [-0.15, -0.1) is 16.9 Å². The second-order valence-corrected chi connectivity index (χ2v) is 9.70. The van der Waals surface area contributed by atoms with Gasteiger partial charge >= 0.3 is 5.97 Å². The van der Waals surface area contributed by atoms with Gasteiger partial charge in [0, 0.05) is 18.6 Å². The first-order chi connectivity index (χ1) is 16.3. The predicted octanol–water partition coefficient (Wildman–Crippen LogP) is -0.401. The Hall–Kier alpha value is -3.10. The van der Waals surface area contributed by atoms with Crippen molar-refractivity contribution in [2.45, 2.75) is 35.5 Å². The Morgan fingerprint density at radius 1 is 1.41 bits per heavy atom. The Balaban J connectivity index is 1.42. The molecule has 3 amide bonds. The van der Waals surface area contributed by atoms with Gasteiger partial charge in [-0.3, -0.25) is 24.4 Å². The van der Waals surface area contributed by atoms with E-state index in [9.17, 15) is 24.3 Å². The van der Waals surface area contributed by atoms with Crippen LogP contribution in [0.2, 0.25) is 0 Å². The van der Waals surface area contributed by atoms with E-state index in [4.69, 9.17) is 5.73 Å². The minimum atomic E-state index is -1.23. The van der Waals surface area contributed by atoms with Crippen molar-refractivity contribution in [3.8, 4) is 0 Å². The number of carboxylic acid groups (broad SMARTS) is 1. The Labute approximate surface area is 202 Å². The number of rotatable bonds is 8. The number of carbonyl (C=O) groups is 4. The lowest BCUT2D eigenvalue weighted by molar-refractivity contribution is -0.150. The minimum absolute atomic E-state index is 0.0465. The number of carbonyl (C=O) groups excluding carboxylic acids is 3. The Kier molecular flexibility index (Phi) is 7.09. The maximum Gasteiger partial charge on any atom is 0.352 e. The Bertz CT molecular complexity index is 1130. The van der Waals surface area contributed by atoms with Crippen LogP contribution in [0, 0.1) is 0 Å². The van der Waals surface area contributed by atoms with E-state index < -0.39 is 41.1 Å². The molecule has 12 nitrogen and oxygen atoms in total. The molecular weight excluding hydrogens is 482 g/mol. The van der Waals surface area contributed by atoms with Crippen molar-refractivity contribution in [1.82, 2.24) is 30.7 Å². The largest absolute Gasteiger partial charge is 0.477 e. The summed E-state index contributed by atoms with van der Waals surface area (Å²) in [4.78, 5) is 54.3. The number of hydrogen-bond acceptors (Lipinski definition) is 9. The number of nitrogens with two attached hydrogens (primary N) is 1. The van der Waals surface area contributed by atoms with Gasteiger partial charge in [-0.25, -0.2) is 4.79 Å². The molecule has 1 fully saturated rings. The van der Waals surface area contributed by atoms with E-state index in [-0.39, 0.29) is 22.4 Å². The number of thioether (sulfide) groups is 2. The molecular formula is C20H23N7O5S2. The molecule has 4 rings (SSSR count). The summed E-state index contributed by atoms with van der Waals surface area (Å²) in [7, 11) is 1.47. The third-order valence-electron chi connectivity index (χ3n) is 5.55. The fourth-order valence-corrected chi connectivity index (χ4v) is 6.04. The number of H-pyrrole nitrogens is 1. The zero-order valence-corrected chi connectivity index (χ0v) is 19.7. The standard InChI is InChI=1S/C20H23N7O5S2/c1-22-16(29)14-24-20(26-25-14)34-8-10-7-33-18-12(17(30)27(18)13(10)19(31)32)23-15(28)11(21)9-5-3-2-4-6-9/h2-3,6,11-12,18H,4-5,7-8,21H2,1H3,(H,22,29)(H,23,28)(H,31,32)(H,24,25,26)/t11?,12?,18-/m1/s1. The second-order valence-electron chi connectivity index (χ2n) is 7.66. The van der Waals surface area contributed by atoms with E-state index in [1.54, 1.807) is 0 Å². The average molecular weight is 506 g/mol. The molecule has 0 aromatic carbocycles. The van der Waals surface area contributed by atoms with Crippen LogP contribution in [0.15, 0.2) is 40.2 Å². The first-order valence-corrected chi connectivity index (χ1v) is 12.4. The molecule has 2 unspecified atom stereocenters. The van der Waals surface area contributed by atoms with Gasteiger partial charge in [-0.05, 0) is 24.0 Å². The van der Waals surface area contributed by atoms with Crippen LogP contribution >= 0.6 is 23.5 Å². The number of nitrogens with one attached hydrogen (secondary N) is 3. The molecule has 34 heavy (non-hydrogen) atoms. The SMILES string of the molecule is CNC(=O)c1nc(SCC2=C(C(=O)O)N3C(=O)C(NC(=O)C(N)C4=CCC=CC4)[C@H]3SC2)n[nH]1. The van der Waals surface area contributed by atoms with E-state index >= 15 is 0 Å². The summed E-state index contributed by atoms with van der Waals surface area (Å²) in [5, 5.41) is 21.1. The van der Waals surface area contributed by atoms with Gasteiger partial charge in [-0.1, -0.05) is 30.0 Å². The first-order valence-electron chi connectivity index (χ1n) is 10.4. The van der Waals surface area contributed by atoms with Crippen molar-refractivity contribution < 1.29 is 24.3 Å². The van der Waals surface area contributed by atoms with Crippen molar-refractivity contribution in [2.24, 2.45) is 5.73 Å². The number of nitrogens with zero attached hydrogens (tertiary/aromatic N) is 3. The molecule has 1 aromatic heterocycles. The highest BCUT2D eigenvalue weighted by Crippen LogP contribution is 2.41. The molecule has 0 saturated carbocycles. The zero-order chi connectivity index (χ0) is 24.4. The van der Waals surface area contributed by atoms with Crippen LogP contribution < -0.4 is 16.4 Å². The molecule has 180 valence electrons. The lowest BCUT2D eigenvalue weighted by Gasteiger charge is -2.49. The van der Waals surface area contributed by atoms with Gasteiger partial charge in [0.25, 0.3) is 11.8 Å². The molecule has 1 aliphatic carbocycles. The highest BCUT2D eigenvalue weighted by molar-refractivity contribution is 8.01. The molecule has 1 saturated heterocycles. The van der Waals surface area contributed by atoms with Gasteiger partial charge in [0.1, 0.15) is 23.2 Å². The monoisotopic (exact) mass is 505 g/mol. The van der Waals surface area contributed by atoms with Gasteiger partial charge < -0.3 is 21.5 Å². The van der Waals surface area contributed by atoms with Crippen molar-refractivity contribution >= 4 is 47.2 Å². The topological polar surface area (TPSA) is 183 Å². The number of β-lactam (4-membered cyclic amide) rings is 1. The zero-order valence-electron chi connectivity index (χ0n) is 18.1. The molecule has 2 aliphatic heterocycles. The third kappa shape index (κ3) is 4.60. The molecule has 0 radical (unpaired) electrons. The fourth-order valence-electron chi connectivity index (χ4n) is 3.76. The van der Waals surface area contributed by atoms with E-state index in [2.05, 4.69) is 25.8 Å². The highest BCUT2D eigenvalue weighted by atomic mass is 32.2. The summed E-state index contributed by atoms with van der Waals surface area (Å²) in [5.74, 6) is -1.98. The molecule has 6 N–H and O–H groups in total. The fraction of sp³-hybridized carbons (Fsp3) is 0.400. The second kappa shape index (κ2) is 10.0. The van der Waals surface area contributed by atoms with Crippen LogP contribution in [0.25, 0.3) is 0 Å². The normalized spacial score (nSPS) is 22.5. The number of allylic oxidation sites excluding steroid dienone is 3. The summed E-state index contributed by atoms with van der Waals surface area (Å²) in [6.07, 6.45) is 7.12. The van der Waals surface area contributed by atoms with E-state index in [1.165, 1.54) is 23.7 Å². The van der Waals surface area contributed by atoms with Gasteiger partial charge in [0.15, 0.2) is 0 Å². The van der Waals surface area contributed by atoms with Crippen LogP contribution in [0.1, 0.15) is 23.5 Å². The number of aromatic amines is 1. The van der Waals surface area contributed by atoms with E-state index in [0.29, 0.717) is 24.2 Å². The van der Waals surface area contributed by atoms with Gasteiger partial charge in [0.2, 0.25) is 16.9 Å². The minimum Gasteiger partial charge on any atom is -0.477 e. The van der Waals surface area contributed by atoms with Crippen LogP contribution in [-0.2, 0) is 14.4 Å². The number of hydrogen-bond donors (Lipinski definition) is 5. The lowest BCUT2D eigenvalue weighted by atomic mass is 9.97. The third-order valence-corrected chi connectivity index (χ3v) is 7.82. The summed E-state index contributed by atoms with van der Waals surface area (Å²) in [5.41, 5.74) is 7.28. The summed E-state index contributed by atoms with van der Waals surface area (Å²) < 4.78 is 0. The van der Waals surface area contributed by atoms with E-state index in [0.717, 1.165) is 17.3 Å². The molecule has 14 heteroatoms. The Morgan fingerprint density at radius 2 is 2.21 bits per heavy atom. The maximum atomic E-state index is 12.8. The van der Waals surface area contributed by atoms with Crippen molar-refractivity contribution in [1.29, 1.82) is 0 Å². The number of fused-ring (bicyclic) bond motifs is 1. The summed E-state index contributed by atoms with van der Waals surface area (Å²) in [6, 6.07) is -1.70. The van der Waals surface area contributed by atoms with Crippen LogP contribution in [0.5, 0.6) is 0 Å². The quantitative estimate of drug-likeness (QED) is 0.177. The van der Waals surface area contributed by atoms with Crippen LogP contribution in [0.4, 0.5) is 0 Å². The van der Waals surface area contributed by atoms with Crippen LogP contribution in [0.3, 0.4) is 0 Å². The molecule has 3 atom stereocenters. The first kappa shape index (κ1) is 24.0. The molecule has 0 spiro atoms. The van der Waals surface area contributed by atoms with E-state index in [1.807, 2.05) is 18.2 Å². The van der Waals surface area contributed by atoms with Crippen molar-refractivity contribution in [3.63, 3.8) is 0 Å². The summed E-state index contributed by atoms with van der Waals surface area (Å²) in [6.45, 7) is 0. The molecule has 3 heterocycles. The van der Waals surface area contributed by atoms with Crippen molar-refractivity contribution in [3.05, 3.63) is 40.9 Å². The van der Waals surface area contributed by atoms with Gasteiger partial charge in [-0.2, -0.15) is 4.98 Å². The summed E-state index contributed by atoms with van der Waals surface area (Å²) >= 11 is 2.52. The number of aromatic nitrogens is 3. The van der Waals surface area contributed by atoms with Crippen LogP contribution in [-0.4, -0.2) is 84.9 Å². The number of amides is 3. The van der Waals surface area contributed by atoms with Crippen molar-refractivity contribution in [2.75, 3.05) is 18.6 Å². The maximum absolute atomic E-state index is 12.8. The smallest absolute Gasteiger partial charge is 0.352 e. The molecule has 3 aliphatic rings. The number of carboxylic acids is 1. The molecule has 1 aromatic rings. The average Bonchev–Trinajstić information content (AvgIpc) is 3.33. The number of aliphatic carboxylic acids is 1. The predicted molar refractivity (Wildman–Crippen MR) is 125 cm³/mol. The molecule has 0 bridgehead atoms.